The highest BCUT2D eigenvalue weighted by molar-refractivity contribution is 6.09. The number of ketones is 1. The highest BCUT2D eigenvalue weighted by Gasteiger charge is 2.12. The SMILES string of the molecule is Cc1cnc(C(=O)Oc2ccc(C(=O)c3ccccc3)cc2)cn1. The van der Waals surface area contributed by atoms with Gasteiger partial charge in [0.15, 0.2) is 11.5 Å². The lowest BCUT2D eigenvalue weighted by Gasteiger charge is -2.05. The average Bonchev–Trinajstić information content (AvgIpc) is 2.63. The predicted octanol–water partition coefficient (Wildman–Crippen LogP) is 3.24. The number of ether oxygens (including phenoxy) is 1. The van der Waals surface area contributed by atoms with Crippen LogP contribution < -0.4 is 4.74 Å². The fourth-order valence-electron chi connectivity index (χ4n) is 2.09. The van der Waals surface area contributed by atoms with E-state index in [-0.39, 0.29) is 11.5 Å². The van der Waals surface area contributed by atoms with E-state index in [0.29, 0.717) is 16.9 Å². The molecule has 1 aromatic heterocycles. The second kappa shape index (κ2) is 6.83. The van der Waals surface area contributed by atoms with Gasteiger partial charge in [0.25, 0.3) is 0 Å². The number of aryl methyl sites for hydroxylation is 1. The molecular weight excluding hydrogens is 304 g/mol. The Morgan fingerprint density at radius 1 is 0.833 bits per heavy atom. The van der Waals surface area contributed by atoms with E-state index < -0.39 is 5.97 Å². The van der Waals surface area contributed by atoms with E-state index in [1.54, 1.807) is 43.3 Å². The molecule has 5 heteroatoms. The van der Waals surface area contributed by atoms with Gasteiger partial charge in [-0.25, -0.2) is 9.78 Å². The molecule has 0 spiro atoms. The first kappa shape index (κ1) is 15.6. The zero-order valence-electron chi connectivity index (χ0n) is 13.0. The van der Waals surface area contributed by atoms with Crippen molar-refractivity contribution in [3.8, 4) is 5.75 Å². The van der Waals surface area contributed by atoms with E-state index >= 15 is 0 Å². The number of nitrogens with zero attached hydrogens (tertiary/aromatic N) is 2. The quantitative estimate of drug-likeness (QED) is 0.419. The summed E-state index contributed by atoms with van der Waals surface area (Å²) in [6.45, 7) is 1.78. The lowest BCUT2D eigenvalue weighted by atomic mass is 10.0. The first-order valence-corrected chi connectivity index (χ1v) is 7.34. The van der Waals surface area contributed by atoms with Crippen LogP contribution >= 0.6 is 0 Å². The third-order valence-electron chi connectivity index (χ3n) is 3.35. The summed E-state index contributed by atoms with van der Waals surface area (Å²) in [5.41, 5.74) is 1.98. The van der Waals surface area contributed by atoms with Gasteiger partial charge >= 0.3 is 5.97 Å². The average molecular weight is 318 g/mol. The van der Waals surface area contributed by atoms with Crippen LogP contribution in [0, 0.1) is 6.92 Å². The van der Waals surface area contributed by atoms with Crippen LogP contribution in [0.3, 0.4) is 0 Å². The number of hydrogen-bond acceptors (Lipinski definition) is 5. The van der Waals surface area contributed by atoms with E-state index in [1.807, 2.05) is 18.2 Å². The molecule has 0 aliphatic rings. The van der Waals surface area contributed by atoms with Crippen molar-refractivity contribution in [2.24, 2.45) is 0 Å². The van der Waals surface area contributed by atoms with Gasteiger partial charge in [-0.2, -0.15) is 0 Å². The van der Waals surface area contributed by atoms with E-state index in [2.05, 4.69) is 9.97 Å². The number of carbonyl (C=O) groups excluding carboxylic acids is 2. The number of carbonyl (C=O) groups is 2. The van der Waals surface area contributed by atoms with Crippen LogP contribution in [0.15, 0.2) is 67.0 Å². The molecule has 3 aromatic rings. The van der Waals surface area contributed by atoms with Crippen molar-refractivity contribution < 1.29 is 14.3 Å². The van der Waals surface area contributed by atoms with Crippen molar-refractivity contribution in [1.82, 2.24) is 9.97 Å². The summed E-state index contributed by atoms with van der Waals surface area (Å²) in [5, 5.41) is 0. The molecule has 0 saturated carbocycles. The fourth-order valence-corrected chi connectivity index (χ4v) is 2.09. The Hall–Kier alpha value is -3.34. The summed E-state index contributed by atoms with van der Waals surface area (Å²) in [4.78, 5) is 32.3. The van der Waals surface area contributed by atoms with Crippen LogP contribution in [0.25, 0.3) is 0 Å². The summed E-state index contributed by atoms with van der Waals surface area (Å²) in [5.74, 6) is -0.338. The molecule has 0 radical (unpaired) electrons. The Balaban J connectivity index is 1.72. The largest absolute Gasteiger partial charge is 0.422 e. The number of hydrogen-bond donors (Lipinski definition) is 0. The lowest BCUT2D eigenvalue weighted by Crippen LogP contribution is -2.11. The van der Waals surface area contributed by atoms with Gasteiger partial charge in [-0.3, -0.25) is 9.78 Å². The maximum absolute atomic E-state index is 12.3. The summed E-state index contributed by atoms with van der Waals surface area (Å²) in [6.07, 6.45) is 2.86. The van der Waals surface area contributed by atoms with E-state index in [9.17, 15) is 9.59 Å². The molecule has 0 aliphatic heterocycles. The van der Waals surface area contributed by atoms with Crippen LogP contribution in [-0.4, -0.2) is 21.7 Å². The fraction of sp³-hybridized carbons (Fsp3) is 0.0526. The summed E-state index contributed by atoms with van der Waals surface area (Å²) in [6, 6.07) is 15.4. The first-order valence-electron chi connectivity index (χ1n) is 7.34. The van der Waals surface area contributed by atoms with Gasteiger partial charge in [0.1, 0.15) is 5.75 Å². The van der Waals surface area contributed by atoms with Crippen LogP contribution in [0.4, 0.5) is 0 Å². The van der Waals surface area contributed by atoms with Crippen molar-refractivity contribution in [3.05, 3.63) is 89.5 Å². The van der Waals surface area contributed by atoms with Crippen molar-refractivity contribution in [2.45, 2.75) is 6.92 Å². The molecule has 0 amide bonds. The van der Waals surface area contributed by atoms with E-state index in [0.717, 1.165) is 5.69 Å². The number of esters is 1. The maximum Gasteiger partial charge on any atom is 0.363 e. The van der Waals surface area contributed by atoms with Crippen LogP contribution in [0.1, 0.15) is 32.1 Å². The van der Waals surface area contributed by atoms with Crippen molar-refractivity contribution >= 4 is 11.8 Å². The van der Waals surface area contributed by atoms with E-state index in [4.69, 9.17) is 4.74 Å². The van der Waals surface area contributed by atoms with E-state index in [1.165, 1.54) is 12.4 Å². The van der Waals surface area contributed by atoms with Crippen molar-refractivity contribution in [3.63, 3.8) is 0 Å². The maximum atomic E-state index is 12.3. The molecule has 2 aromatic carbocycles. The molecule has 0 unspecified atom stereocenters. The predicted molar refractivity (Wildman–Crippen MR) is 88.0 cm³/mol. The second-order valence-electron chi connectivity index (χ2n) is 5.15. The van der Waals surface area contributed by atoms with Crippen LogP contribution in [0.5, 0.6) is 5.75 Å². The number of aromatic nitrogens is 2. The Morgan fingerprint density at radius 3 is 2.12 bits per heavy atom. The summed E-state index contributed by atoms with van der Waals surface area (Å²) in [7, 11) is 0. The molecule has 3 rings (SSSR count). The smallest absolute Gasteiger partial charge is 0.363 e. The highest BCUT2D eigenvalue weighted by atomic mass is 16.5. The lowest BCUT2D eigenvalue weighted by molar-refractivity contribution is 0.0728. The zero-order chi connectivity index (χ0) is 16.9. The van der Waals surface area contributed by atoms with Gasteiger partial charge in [0.2, 0.25) is 0 Å². The van der Waals surface area contributed by atoms with Gasteiger partial charge in [0.05, 0.1) is 11.9 Å². The van der Waals surface area contributed by atoms with Crippen LogP contribution in [0.2, 0.25) is 0 Å². The van der Waals surface area contributed by atoms with Crippen molar-refractivity contribution in [1.29, 1.82) is 0 Å². The molecule has 0 bridgehead atoms. The van der Waals surface area contributed by atoms with Gasteiger partial charge in [-0.05, 0) is 31.2 Å². The Bertz CT molecular complexity index is 857. The standard InChI is InChI=1S/C19H14N2O3/c1-13-11-21-17(12-20-13)19(23)24-16-9-7-15(8-10-16)18(22)14-5-3-2-4-6-14/h2-12H,1H3. The minimum atomic E-state index is -0.593. The Morgan fingerprint density at radius 2 is 1.50 bits per heavy atom. The first-order chi connectivity index (χ1) is 11.6. The molecule has 1 heterocycles. The van der Waals surface area contributed by atoms with Gasteiger partial charge in [-0.1, -0.05) is 30.3 Å². The number of rotatable bonds is 4. The Labute approximate surface area is 139 Å². The molecule has 5 nitrogen and oxygen atoms in total. The molecular formula is C19H14N2O3. The summed E-state index contributed by atoms with van der Waals surface area (Å²) < 4.78 is 5.23. The summed E-state index contributed by atoms with van der Waals surface area (Å²) >= 11 is 0. The molecule has 0 aliphatic carbocycles. The topological polar surface area (TPSA) is 69.2 Å². The minimum absolute atomic E-state index is 0.0853. The molecule has 0 fully saturated rings. The molecule has 0 N–H and O–H groups in total. The van der Waals surface area contributed by atoms with Gasteiger partial charge in [-0.15, -0.1) is 0 Å². The van der Waals surface area contributed by atoms with Gasteiger partial charge < -0.3 is 4.74 Å². The third-order valence-corrected chi connectivity index (χ3v) is 3.35. The normalized spacial score (nSPS) is 10.2. The molecule has 0 saturated heterocycles. The number of benzene rings is 2. The Kier molecular flexibility index (Phi) is 4.43. The van der Waals surface area contributed by atoms with Crippen LogP contribution in [-0.2, 0) is 0 Å². The third kappa shape index (κ3) is 3.52. The zero-order valence-corrected chi connectivity index (χ0v) is 13.0. The second-order valence-corrected chi connectivity index (χ2v) is 5.15. The highest BCUT2D eigenvalue weighted by Crippen LogP contribution is 2.16. The van der Waals surface area contributed by atoms with Gasteiger partial charge in [0, 0.05) is 17.3 Å². The molecule has 0 atom stereocenters. The minimum Gasteiger partial charge on any atom is -0.422 e. The monoisotopic (exact) mass is 318 g/mol. The molecule has 118 valence electrons. The van der Waals surface area contributed by atoms with Crippen molar-refractivity contribution in [2.75, 3.05) is 0 Å². The molecule has 24 heavy (non-hydrogen) atoms.